The number of ether oxygens (including phenoxy) is 1. The molecule has 0 aromatic heterocycles. The molecule has 0 saturated heterocycles. The number of benzene rings is 1. The van der Waals surface area contributed by atoms with Crippen LogP contribution in [0.1, 0.15) is 25.8 Å². The topological polar surface area (TPSA) is 55.4 Å². The molecule has 0 amide bonds. The van der Waals surface area contributed by atoms with E-state index in [2.05, 4.69) is 4.72 Å². The van der Waals surface area contributed by atoms with Crippen LogP contribution in [0.3, 0.4) is 0 Å². The lowest BCUT2D eigenvalue weighted by Crippen LogP contribution is -2.25. The summed E-state index contributed by atoms with van der Waals surface area (Å²) in [5.74, 6) is 0.969. The van der Waals surface area contributed by atoms with Crippen LogP contribution in [0.15, 0.2) is 24.3 Å². The van der Waals surface area contributed by atoms with Gasteiger partial charge in [-0.2, -0.15) is 0 Å². The van der Waals surface area contributed by atoms with Crippen molar-refractivity contribution in [2.45, 2.75) is 26.8 Å². The maximum absolute atomic E-state index is 11.4. The molecule has 1 aromatic rings. The van der Waals surface area contributed by atoms with Gasteiger partial charge in [-0.25, -0.2) is 13.1 Å². The molecular weight excluding hydrogens is 238 g/mol. The molecule has 0 unspecified atom stereocenters. The Morgan fingerprint density at radius 3 is 2.35 bits per heavy atom. The lowest BCUT2D eigenvalue weighted by atomic mass is 10.2. The van der Waals surface area contributed by atoms with Gasteiger partial charge in [0.05, 0.1) is 12.4 Å². The Labute approximate surface area is 103 Å². The molecule has 0 saturated carbocycles. The van der Waals surface area contributed by atoms with E-state index in [1.54, 1.807) is 0 Å². The van der Waals surface area contributed by atoms with Gasteiger partial charge in [0.2, 0.25) is 10.0 Å². The Hall–Kier alpha value is -1.07. The van der Waals surface area contributed by atoms with Crippen molar-refractivity contribution in [1.29, 1.82) is 0 Å². The fraction of sp³-hybridized carbons (Fsp3) is 0.500. The Morgan fingerprint density at radius 2 is 1.82 bits per heavy atom. The third-order valence-corrected chi connectivity index (χ3v) is 3.73. The average molecular weight is 257 g/mol. The molecule has 96 valence electrons. The molecule has 1 rings (SSSR count). The summed E-state index contributed by atoms with van der Waals surface area (Å²) in [6.45, 7) is 4.72. The van der Waals surface area contributed by atoms with E-state index in [1.165, 1.54) is 0 Å². The largest absolute Gasteiger partial charge is 0.494 e. The summed E-state index contributed by atoms with van der Waals surface area (Å²) < 4.78 is 30.7. The molecule has 0 aliphatic carbocycles. The first-order chi connectivity index (χ1) is 8.07. The summed E-state index contributed by atoms with van der Waals surface area (Å²) in [7, 11) is -3.13. The molecule has 0 radical (unpaired) electrons. The molecular formula is C12H19NO3S. The number of hydrogen-bond acceptors (Lipinski definition) is 3. The molecule has 17 heavy (non-hydrogen) atoms. The molecule has 1 aromatic carbocycles. The van der Waals surface area contributed by atoms with E-state index in [4.69, 9.17) is 4.74 Å². The summed E-state index contributed by atoms with van der Waals surface area (Å²) >= 11 is 0. The van der Waals surface area contributed by atoms with Gasteiger partial charge in [0.15, 0.2) is 0 Å². The summed E-state index contributed by atoms with van der Waals surface area (Å²) in [4.78, 5) is 0. The van der Waals surface area contributed by atoms with Crippen LogP contribution in [-0.4, -0.2) is 20.8 Å². The van der Waals surface area contributed by atoms with Crippen LogP contribution in [0, 0.1) is 0 Å². The van der Waals surface area contributed by atoms with E-state index >= 15 is 0 Å². The van der Waals surface area contributed by atoms with Gasteiger partial charge >= 0.3 is 0 Å². The van der Waals surface area contributed by atoms with Gasteiger partial charge in [-0.15, -0.1) is 0 Å². The molecule has 0 atom stereocenters. The number of hydrogen-bond donors (Lipinski definition) is 1. The fourth-order valence-electron chi connectivity index (χ4n) is 1.40. The maximum atomic E-state index is 11.4. The van der Waals surface area contributed by atoms with Gasteiger partial charge in [-0.3, -0.25) is 0 Å². The number of nitrogens with one attached hydrogen (secondary N) is 1. The molecule has 1 N–H and O–H groups in total. The van der Waals surface area contributed by atoms with Crippen molar-refractivity contribution in [3.05, 3.63) is 29.8 Å². The summed E-state index contributed by atoms with van der Waals surface area (Å²) in [5.41, 5.74) is 0.924. The summed E-state index contributed by atoms with van der Waals surface area (Å²) in [5, 5.41) is 0. The van der Waals surface area contributed by atoms with Gasteiger partial charge in [-0.1, -0.05) is 19.1 Å². The highest BCUT2D eigenvalue weighted by Gasteiger charge is 2.07. The molecule has 5 heteroatoms. The van der Waals surface area contributed by atoms with Gasteiger partial charge in [0, 0.05) is 6.54 Å². The smallest absolute Gasteiger partial charge is 0.211 e. The van der Waals surface area contributed by atoms with Gasteiger partial charge in [0.25, 0.3) is 0 Å². The SMILES string of the molecule is CCCS(=O)(=O)NCc1ccc(OCC)cc1. The quantitative estimate of drug-likeness (QED) is 0.812. The predicted molar refractivity (Wildman–Crippen MR) is 68.5 cm³/mol. The van der Waals surface area contributed by atoms with E-state index < -0.39 is 10.0 Å². The Balaban J connectivity index is 2.52. The Kier molecular flexibility index (Phi) is 5.44. The standard InChI is InChI=1S/C12H19NO3S/c1-3-9-17(14,15)13-10-11-5-7-12(8-6-11)16-4-2/h5-8,13H,3-4,9-10H2,1-2H3. The second-order valence-electron chi connectivity index (χ2n) is 3.72. The molecule has 0 fully saturated rings. The molecule has 0 aliphatic rings. The minimum absolute atomic E-state index is 0.171. The van der Waals surface area contributed by atoms with Crippen LogP contribution in [0.2, 0.25) is 0 Å². The summed E-state index contributed by atoms with van der Waals surface area (Å²) in [6.07, 6.45) is 0.624. The van der Waals surface area contributed by atoms with Crippen LogP contribution >= 0.6 is 0 Å². The molecule has 0 bridgehead atoms. The van der Waals surface area contributed by atoms with Crippen LogP contribution in [0.25, 0.3) is 0 Å². The van der Waals surface area contributed by atoms with Crippen molar-refractivity contribution in [2.75, 3.05) is 12.4 Å². The van der Waals surface area contributed by atoms with Gasteiger partial charge < -0.3 is 4.74 Å². The van der Waals surface area contributed by atoms with E-state index in [9.17, 15) is 8.42 Å². The highest BCUT2D eigenvalue weighted by Crippen LogP contribution is 2.12. The Bertz CT molecular complexity index is 426. The molecule has 4 nitrogen and oxygen atoms in total. The van der Waals surface area contributed by atoms with Crippen molar-refractivity contribution < 1.29 is 13.2 Å². The minimum Gasteiger partial charge on any atom is -0.494 e. The maximum Gasteiger partial charge on any atom is 0.211 e. The van der Waals surface area contributed by atoms with E-state index in [-0.39, 0.29) is 5.75 Å². The predicted octanol–water partition coefficient (Wildman–Crippen LogP) is 1.91. The van der Waals surface area contributed by atoms with Gasteiger partial charge in [0.1, 0.15) is 5.75 Å². The zero-order chi connectivity index (χ0) is 12.7. The van der Waals surface area contributed by atoms with Gasteiger partial charge in [-0.05, 0) is 31.0 Å². The van der Waals surface area contributed by atoms with Crippen molar-refractivity contribution in [1.82, 2.24) is 4.72 Å². The lowest BCUT2D eigenvalue weighted by Gasteiger charge is -2.07. The monoisotopic (exact) mass is 257 g/mol. The van der Waals surface area contributed by atoms with E-state index in [0.29, 0.717) is 19.6 Å². The van der Waals surface area contributed by atoms with Crippen molar-refractivity contribution in [2.24, 2.45) is 0 Å². The minimum atomic E-state index is -3.13. The van der Waals surface area contributed by atoms with E-state index in [0.717, 1.165) is 11.3 Å². The van der Waals surface area contributed by atoms with Crippen LogP contribution in [0.4, 0.5) is 0 Å². The third kappa shape index (κ3) is 5.19. The first-order valence-corrected chi connectivity index (χ1v) is 7.41. The van der Waals surface area contributed by atoms with Crippen molar-refractivity contribution in [3.63, 3.8) is 0 Å². The first kappa shape index (κ1) is 14.0. The second kappa shape index (κ2) is 6.61. The first-order valence-electron chi connectivity index (χ1n) is 5.76. The van der Waals surface area contributed by atoms with Crippen molar-refractivity contribution >= 4 is 10.0 Å². The normalized spacial score (nSPS) is 11.4. The second-order valence-corrected chi connectivity index (χ2v) is 5.64. The third-order valence-electron chi connectivity index (χ3n) is 2.20. The fourth-order valence-corrected chi connectivity index (χ4v) is 2.47. The van der Waals surface area contributed by atoms with E-state index in [1.807, 2.05) is 38.1 Å². The van der Waals surface area contributed by atoms with Crippen molar-refractivity contribution in [3.8, 4) is 5.75 Å². The Morgan fingerprint density at radius 1 is 1.18 bits per heavy atom. The molecule has 0 aliphatic heterocycles. The van der Waals surface area contributed by atoms with Crippen LogP contribution < -0.4 is 9.46 Å². The highest BCUT2D eigenvalue weighted by molar-refractivity contribution is 7.89. The van der Waals surface area contributed by atoms with Crippen LogP contribution in [-0.2, 0) is 16.6 Å². The number of sulfonamides is 1. The average Bonchev–Trinajstić information content (AvgIpc) is 2.29. The summed E-state index contributed by atoms with van der Waals surface area (Å²) in [6, 6.07) is 7.40. The molecule has 0 heterocycles. The lowest BCUT2D eigenvalue weighted by molar-refractivity contribution is 0.340. The molecule has 0 spiro atoms. The zero-order valence-electron chi connectivity index (χ0n) is 10.3. The zero-order valence-corrected chi connectivity index (χ0v) is 11.1. The highest BCUT2D eigenvalue weighted by atomic mass is 32.2. The van der Waals surface area contributed by atoms with Crippen LogP contribution in [0.5, 0.6) is 5.75 Å². The number of rotatable bonds is 7.